The smallest absolute Gasteiger partial charge is 0.166 e. The molecule has 0 fully saturated rings. The third-order valence-corrected chi connectivity index (χ3v) is 14.3. The van der Waals surface area contributed by atoms with E-state index in [-0.39, 0.29) is 0 Å². The van der Waals surface area contributed by atoms with Crippen molar-refractivity contribution in [1.29, 1.82) is 0 Å². The number of aromatic nitrogens is 4. The number of thiophene rings is 1. The van der Waals surface area contributed by atoms with Gasteiger partial charge in [-0.05, 0) is 87.0 Å². The maximum atomic E-state index is 5.45. The van der Waals surface area contributed by atoms with Gasteiger partial charge in [0.05, 0.1) is 16.7 Å². The number of hydrogen-bond acceptors (Lipinski definition) is 4. The predicted octanol–water partition coefficient (Wildman–Crippen LogP) is 17.0. The van der Waals surface area contributed by atoms with E-state index in [2.05, 4.69) is 229 Å². The van der Waals surface area contributed by atoms with Gasteiger partial charge in [0, 0.05) is 47.6 Å². The Morgan fingerprint density at radius 2 is 0.809 bits per heavy atom. The molecule has 0 unspecified atom stereocenters. The van der Waals surface area contributed by atoms with E-state index in [0.29, 0.717) is 17.5 Å². The third kappa shape index (κ3) is 6.96. The maximum absolute atomic E-state index is 5.45. The van der Waals surface area contributed by atoms with Crippen molar-refractivity contribution in [3.05, 3.63) is 243 Å². The summed E-state index contributed by atoms with van der Waals surface area (Å²) in [6, 6.07) is 86.5. The van der Waals surface area contributed by atoms with E-state index in [9.17, 15) is 0 Å². The zero-order valence-electron chi connectivity index (χ0n) is 36.8. The lowest BCUT2D eigenvalue weighted by Crippen LogP contribution is -2.04. The predicted molar refractivity (Wildman–Crippen MR) is 285 cm³/mol. The van der Waals surface area contributed by atoms with Crippen LogP contribution < -0.4 is 0 Å². The molecule has 3 aromatic heterocycles. The number of nitrogens with zero attached hydrogens (tertiary/aromatic N) is 4. The van der Waals surface area contributed by atoms with Crippen LogP contribution in [0.1, 0.15) is 0 Å². The van der Waals surface area contributed by atoms with Gasteiger partial charge in [-0.1, -0.05) is 200 Å². The van der Waals surface area contributed by atoms with Crippen molar-refractivity contribution in [3.8, 4) is 84.4 Å². The van der Waals surface area contributed by atoms with Crippen molar-refractivity contribution in [1.82, 2.24) is 19.5 Å². The second-order valence-corrected chi connectivity index (χ2v) is 18.2. The fourth-order valence-electron chi connectivity index (χ4n) is 9.76. The van der Waals surface area contributed by atoms with Crippen LogP contribution in [0.15, 0.2) is 243 Å². The van der Waals surface area contributed by atoms with Crippen molar-refractivity contribution < 1.29 is 0 Å². The molecule has 10 aromatic carbocycles. The lowest BCUT2D eigenvalue weighted by Gasteiger charge is -2.17. The summed E-state index contributed by atoms with van der Waals surface area (Å²) in [6.07, 6.45) is 0. The van der Waals surface area contributed by atoms with E-state index in [1.54, 1.807) is 0 Å². The van der Waals surface area contributed by atoms with Crippen LogP contribution in [0.25, 0.3) is 126 Å². The molecular weight excluding hydrogens is 845 g/mol. The molecule has 0 aliphatic carbocycles. The van der Waals surface area contributed by atoms with Crippen LogP contribution in [0.3, 0.4) is 0 Å². The molecular formula is C63H40N4S. The Labute approximate surface area is 397 Å². The van der Waals surface area contributed by atoms with E-state index in [1.807, 2.05) is 29.5 Å². The van der Waals surface area contributed by atoms with Gasteiger partial charge >= 0.3 is 0 Å². The highest BCUT2D eigenvalue weighted by atomic mass is 32.1. The SMILES string of the molecule is c1ccc(-c2ccc(-c3nc(-c4ccccc4)nc(-c4cccc(-c5cccc6c5sc5ccccc56)c4)n3)c(-n3c4ccc(-c5ccccc5)cc4c4ccc(-c5ccccc5)cc43)c2)cc1. The molecule has 0 radical (unpaired) electrons. The molecule has 4 nitrogen and oxygen atoms in total. The van der Waals surface area contributed by atoms with Crippen molar-refractivity contribution in [3.63, 3.8) is 0 Å². The first-order chi connectivity index (χ1) is 33.7. The first-order valence-electron chi connectivity index (χ1n) is 22.9. The highest BCUT2D eigenvalue weighted by Crippen LogP contribution is 2.43. The Bertz CT molecular complexity index is 4010. The van der Waals surface area contributed by atoms with Crippen molar-refractivity contribution in [2.75, 3.05) is 0 Å². The fraction of sp³-hybridized carbons (Fsp3) is 0. The minimum Gasteiger partial charge on any atom is -0.308 e. The molecule has 0 aliphatic heterocycles. The number of fused-ring (bicyclic) bond motifs is 6. The Morgan fingerprint density at radius 1 is 0.279 bits per heavy atom. The lowest BCUT2D eigenvalue weighted by molar-refractivity contribution is 1.06. The number of rotatable bonds is 8. The molecule has 0 bridgehead atoms. The van der Waals surface area contributed by atoms with Gasteiger partial charge < -0.3 is 4.57 Å². The Hall–Kier alpha value is -8.77. The van der Waals surface area contributed by atoms with E-state index in [1.165, 1.54) is 47.6 Å². The quantitative estimate of drug-likeness (QED) is 0.153. The average molecular weight is 885 g/mol. The highest BCUT2D eigenvalue weighted by molar-refractivity contribution is 7.26. The largest absolute Gasteiger partial charge is 0.308 e. The van der Waals surface area contributed by atoms with Crippen LogP contribution in [-0.2, 0) is 0 Å². The summed E-state index contributed by atoms with van der Waals surface area (Å²) in [7, 11) is 0. The molecule has 5 heteroatoms. The maximum Gasteiger partial charge on any atom is 0.166 e. The zero-order chi connectivity index (χ0) is 45.0. The molecule has 3 heterocycles. The van der Waals surface area contributed by atoms with Gasteiger partial charge in [-0.3, -0.25) is 0 Å². The van der Waals surface area contributed by atoms with Gasteiger partial charge in [-0.25, -0.2) is 15.0 Å². The standard InChI is InChI=1S/C63H40N4S/c1-5-17-41(18-6-1)45-33-36-56-55(38-45)51-34-31-46(42-19-7-2-8-20-42)39-57(51)67(56)58-40-47(43-21-9-3-10-22-43)32-35-54(58)63-65-61(44-23-11-4-12-24-44)64-62(66-63)49-26-15-25-48(37-49)50-28-16-29-53-52-27-13-14-30-59(52)68-60(50)53/h1-40H. The van der Waals surface area contributed by atoms with E-state index < -0.39 is 0 Å². The van der Waals surface area contributed by atoms with Crippen LogP contribution in [-0.4, -0.2) is 19.5 Å². The summed E-state index contributed by atoms with van der Waals surface area (Å²) in [5.74, 6) is 1.82. The minimum atomic E-state index is 0.593. The van der Waals surface area contributed by atoms with Gasteiger partial charge in [0.1, 0.15) is 0 Å². The lowest BCUT2D eigenvalue weighted by atomic mass is 10.00. The molecule has 0 aliphatic rings. The Balaban J connectivity index is 1.06. The summed E-state index contributed by atoms with van der Waals surface area (Å²) in [4.78, 5) is 16.1. The zero-order valence-corrected chi connectivity index (χ0v) is 37.6. The van der Waals surface area contributed by atoms with Crippen molar-refractivity contribution >= 4 is 53.3 Å². The summed E-state index contributed by atoms with van der Waals surface area (Å²) >= 11 is 1.84. The van der Waals surface area contributed by atoms with Crippen LogP contribution >= 0.6 is 11.3 Å². The first kappa shape index (κ1) is 39.6. The van der Waals surface area contributed by atoms with E-state index in [0.717, 1.165) is 61.2 Å². The molecule has 13 rings (SSSR count). The summed E-state index contributed by atoms with van der Waals surface area (Å²) in [5.41, 5.74) is 15.1. The van der Waals surface area contributed by atoms with E-state index in [4.69, 9.17) is 15.0 Å². The van der Waals surface area contributed by atoms with Crippen molar-refractivity contribution in [2.24, 2.45) is 0 Å². The third-order valence-electron chi connectivity index (χ3n) is 13.1. The topological polar surface area (TPSA) is 43.6 Å². The molecule has 0 amide bonds. The molecule has 13 aromatic rings. The van der Waals surface area contributed by atoms with Gasteiger partial charge in [0.2, 0.25) is 0 Å². The molecule has 0 saturated heterocycles. The van der Waals surface area contributed by atoms with Gasteiger partial charge in [-0.2, -0.15) is 0 Å². The summed E-state index contributed by atoms with van der Waals surface area (Å²) < 4.78 is 4.98. The second kappa shape index (κ2) is 16.6. The number of benzene rings is 10. The van der Waals surface area contributed by atoms with Gasteiger partial charge in [0.25, 0.3) is 0 Å². The van der Waals surface area contributed by atoms with Crippen LogP contribution in [0.5, 0.6) is 0 Å². The van der Waals surface area contributed by atoms with Crippen molar-refractivity contribution in [2.45, 2.75) is 0 Å². The summed E-state index contributed by atoms with van der Waals surface area (Å²) in [5, 5.41) is 4.89. The molecule has 68 heavy (non-hydrogen) atoms. The minimum absolute atomic E-state index is 0.593. The number of hydrogen-bond donors (Lipinski definition) is 0. The Morgan fingerprint density at radius 3 is 1.53 bits per heavy atom. The van der Waals surface area contributed by atoms with Gasteiger partial charge in [-0.15, -0.1) is 11.3 Å². The molecule has 0 N–H and O–H groups in total. The molecule has 0 spiro atoms. The van der Waals surface area contributed by atoms with Gasteiger partial charge in [0.15, 0.2) is 17.5 Å². The second-order valence-electron chi connectivity index (χ2n) is 17.2. The molecule has 0 saturated carbocycles. The van der Waals surface area contributed by atoms with Crippen LogP contribution in [0.4, 0.5) is 0 Å². The average Bonchev–Trinajstić information content (AvgIpc) is 3.97. The normalized spacial score (nSPS) is 11.5. The fourth-order valence-corrected chi connectivity index (χ4v) is 11.0. The molecule has 318 valence electrons. The molecule has 0 atom stereocenters. The summed E-state index contributed by atoms with van der Waals surface area (Å²) in [6.45, 7) is 0. The highest BCUT2D eigenvalue weighted by Gasteiger charge is 2.22. The Kier molecular flexibility index (Phi) is 9.66. The first-order valence-corrected chi connectivity index (χ1v) is 23.7. The van der Waals surface area contributed by atoms with E-state index >= 15 is 0 Å². The van der Waals surface area contributed by atoms with Crippen LogP contribution in [0, 0.1) is 0 Å². The monoisotopic (exact) mass is 884 g/mol. The van der Waals surface area contributed by atoms with Crippen LogP contribution in [0.2, 0.25) is 0 Å².